The Kier molecular flexibility index (Phi) is 5.38. The lowest BCUT2D eigenvalue weighted by molar-refractivity contribution is 0.193. The minimum atomic E-state index is 0.459. The quantitative estimate of drug-likeness (QED) is 0.866. The second kappa shape index (κ2) is 7.04. The van der Waals surface area contributed by atoms with E-state index in [-0.39, 0.29) is 0 Å². The Morgan fingerprint density at radius 2 is 2.25 bits per heavy atom. The highest BCUT2D eigenvalue weighted by Crippen LogP contribution is 2.20. The monoisotopic (exact) mass is 277 g/mol. The Bertz CT molecular complexity index is 428. The van der Waals surface area contributed by atoms with Crippen LogP contribution in [0.2, 0.25) is 0 Å². The third-order valence-corrected chi connectivity index (χ3v) is 3.82. The van der Waals surface area contributed by atoms with Crippen molar-refractivity contribution >= 4 is 5.82 Å². The van der Waals surface area contributed by atoms with Crippen LogP contribution in [-0.2, 0) is 17.7 Å². The maximum atomic E-state index is 5.48. The van der Waals surface area contributed by atoms with Gasteiger partial charge in [-0.05, 0) is 30.5 Å². The highest BCUT2D eigenvalue weighted by molar-refractivity contribution is 5.43. The lowest BCUT2D eigenvalue weighted by Gasteiger charge is -2.25. The predicted molar refractivity (Wildman–Crippen MR) is 83.2 cm³/mol. The summed E-state index contributed by atoms with van der Waals surface area (Å²) in [4.78, 5) is 7.03. The van der Waals surface area contributed by atoms with Gasteiger partial charge in [-0.2, -0.15) is 0 Å². The van der Waals surface area contributed by atoms with Crippen LogP contribution in [0.3, 0.4) is 0 Å². The number of nitrogens with one attached hydrogen (secondary N) is 1. The van der Waals surface area contributed by atoms with E-state index in [9.17, 15) is 0 Å². The third-order valence-electron chi connectivity index (χ3n) is 3.82. The summed E-state index contributed by atoms with van der Waals surface area (Å²) in [6.07, 6.45) is 2.06. The van der Waals surface area contributed by atoms with Gasteiger partial charge in [0, 0.05) is 31.9 Å². The van der Waals surface area contributed by atoms with Crippen molar-refractivity contribution < 1.29 is 4.74 Å². The van der Waals surface area contributed by atoms with Crippen molar-refractivity contribution in [3.8, 4) is 0 Å². The topological polar surface area (TPSA) is 37.4 Å². The maximum absolute atomic E-state index is 5.48. The minimum absolute atomic E-state index is 0.459. The van der Waals surface area contributed by atoms with Gasteiger partial charge in [-0.15, -0.1) is 0 Å². The van der Waals surface area contributed by atoms with E-state index in [1.807, 2.05) is 0 Å². The fourth-order valence-electron chi connectivity index (χ4n) is 2.43. The van der Waals surface area contributed by atoms with Crippen LogP contribution in [0.15, 0.2) is 12.1 Å². The normalized spacial score (nSPS) is 18.8. The van der Waals surface area contributed by atoms with Crippen molar-refractivity contribution in [2.75, 3.05) is 25.2 Å². The summed E-state index contributed by atoms with van der Waals surface area (Å²) in [5.74, 6) is 1.07. The molecule has 1 saturated heterocycles. The Morgan fingerprint density at radius 1 is 1.45 bits per heavy atom. The number of rotatable bonds is 6. The molecule has 0 bridgehead atoms. The Hall–Kier alpha value is -1.13. The molecule has 1 N–H and O–H groups in total. The summed E-state index contributed by atoms with van der Waals surface area (Å²) in [7, 11) is 2.13. The number of aryl methyl sites for hydroxylation is 1. The maximum Gasteiger partial charge on any atom is 0.129 e. The molecule has 112 valence electrons. The number of anilines is 1. The van der Waals surface area contributed by atoms with Gasteiger partial charge in [0.25, 0.3) is 0 Å². The average molecular weight is 277 g/mol. The molecule has 0 aromatic carbocycles. The number of pyridine rings is 1. The summed E-state index contributed by atoms with van der Waals surface area (Å²) in [6.45, 7) is 9.08. The van der Waals surface area contributed by atoms with E-state index in [0.717, 1.165) is 44.1 Å². The first-order valence-electron chi connectivity index (χ1n) is 7.64. The Morgan fingerprint density at radius 3 is 2.85 bits per heavy atom. The third kappa shape index (κ3) is 3.93. The Labute approximate surface area is 122 Å². The zero-order chi connectivity index (χ0) is 14.5. The number of aromatic nitrogens is 1. The molecule has 20 heavy (non-hydrogen) atoms. The van der Waals surface area contributed by atoms with Gasteiger partial charge in [0.1, 0.15) is 5.82 Å². The number of ether oxygens (including phenoxy) is 1. The average Bonchev–Trinajstić information content (AvgIpc) is 2.98. The first kappa shape index (κ1) is 15.3. The molecule has 1 aliphatic heterocycles. The van der Waals surface area contributed by atoms with Crippen molar-refractivity contribution in [3.63, 3.8) is 0 Å². The minimum Gasteiger partial charge on any atom is -0.379 e. The summed E-state index contributed by atoms with van der Waals surface area (Å²) >= 11 is 0. The molecule has 0 radical (unpaired) electrons. The fraction of sp³-hybridized carbons (Fsp3) is 0.688. The van der Waals surface area contributed by atoms with Gasteiger partial charge in [0.15, 0.2) is 0 Å². The molecule has 4 heteroatoms. The number of hydrogen-bond donors (Lipinski definition) is 1. The second-order valence-electron chi connectivity index (χ2n) is 5.84. The van der Waals surface area contributed by atoms with E-state index in [2.05, 4.69) is 50.2 Å². The number of likely N-dealkylation sites (N-methyl/N-ethyl adjacent to an activating group) is 1. The zero-order valence-corrected chi connectivity index (χ0v) is 13.1. The van der Waals surface area contributed by atoms with Crippen LogP contribution in [0.25, 0.3) is 0 Å². The van der Waals surface area contributed by atoms with Crippen molar-refractivity contribution in [2.24, 2.45) is 0 Å². The molecule has 0 aliphatic carbocycles. The van der Waals surface area contributed by atoms with Gasteiger partial charge < -0.3 is 15.0 Å². The van der Waals surface area contributed by atoms with Gasteiger partial charge in [-0.25, -0.2) is 4.98 Å². The standard InChI is InChI=1S/C16H27N3O/c1-5-14-8-13(10-17-12(2)3)9-16(18-14)19(4)15-6-7-20-11-15/h8-9,12,15,17H,5-7,10-11H2,1-4H3. The van der Waals surface area contributed by atoms with Crippen LogP contribution in [0.1, 0.15) is 38.4 Å². The molecule has 1 aromatic heterocycles. The van der Waals surface area contributed by atoms with E-state index < -0.39 is 0 Å². The lowest BCUT2D eigenvalue weighted by atomic mass is 10.1. The molecule has 1 fully saturated rings. The van der Waals surface area contributed by atoms with Gasteiger partial charge in [-0.1, -0.05) is 20.8 Å². The van der Waals surface area contributed by atoms with Gasteiger partial charge in [-0.3, -0.25) is 0 Å². The largest absolute Gasteiger partial charge is 0.379 e. The van der Waals surface area contributed by atoms with Crippen LogP contribution >= 0.6 is 0 Å². The van der Waals surface area contributed by atoms with Crippen molar-refractivity contribution in [3.05, 3.63) is 23.4 Å². The van der Waals surface area contributed by atoms with Gasteiger partial charge >= 0.3 is 0 Å². The fourth-order valence-corrected chi connectivity index (χ4v) is 2.43. The summed E-state index contributed by atoms with van der Waals surface area (Å²) in [5, 5.41) is 3.48. The van der Waals surface area contributed by atoms with Crippen LogP contribution in [0.5, 0.6) is 0 Å². The molecule has 0 saturated carbocycles. The van der Waals surface area contributed by atoms with Crippen molar-refractivity contribution in [1.29, 1.82) is 0 Å². The molecule has 1 aliphatic rings. The molecular formula is C16H27N3O. The zero-order valence-electron chi connectivity index (χ0n) is 13.1. The van der Waals surface area contributed by atoms with Crippen LogP contribution in [0, 0.1) is 0 Å². The van der Waals surface area contributed by atoms with E-state index >= 15 is 0 Å². The molecule has 0 spiro atoms. The van der Waals surface area contributed by atoms with E-state index in [1.54, 1.807) is 0 Å². The first-order valence-corrected chi connectivity index (χ1v) is 7.64. The van der Waals surface area contributed by atoms with Crippen molar-refractivity contribution in [2.45, 2.75) is 52.2 Å². The molecule has 4 nitrogen and oxygen atoms in total. The van der Waals surface area contributed by atoms with E-state index in [4.69, 9.17) is 9.72 Å². The highest BCUT2D eigenvalue weighted by Gasteiger charge is 2.21. The summed E-state index contributed by atoms with van der Waals surface area (Å²) in [5.41, 5.74) is 2.47. The SMILES string of the molecule is CCc1cc(CNC(C)C)cc(N(C)C2CCOC2)n1. The van der Waals surface area contributed by atoms with Crippen molar-refractivity contribution in [1.82, 2.24) is 10.3 Å². The predicted octanol–water partition coefficient (Wildman–Crippen LogP) is 2.37. The van der Waals surface area contributed by atoms with Crippen LogP contribution in [0.4, 0.5) is 5.82 Å². The summed E-state index contributed by atoms with van der Waals surface area (Å²) < 4.78 is 5.48. The molecule has 1 unspecified atom stereocenters. The van der Waals surface area contributed by atoms with Gasteiger partial charge in [0.2, 0.25) is 0 Å². The van der Waals surface area contributed by atoms with E-state index in [0.29, 0.717) is 12.1 Å². The smallest absolute Gasteiger partial charge is 0.129 e. The van der Waals surface area contributed by atoms with Crippen LogP contribution in [-0.4, -0.2) is 37.3 Å². The van der Waals surface area contributed by atoms with Gasteiger partial charge in [0.05, 0.1) is 12.6 Å². The molecule has 1 aromatic rings. The molecule has 0 amide bonds. The number of nitrogens with zero attached hydrogens (tertiary/aromatic N) is 2. The second-order valence-corrected chi connectivity index (χ2v) is 5.84. The highest BCUT2D eigenvalue weighted by atomic mass is 16.5. The van der Waals surface area contributed by atoms with Crippen LogP contribution < -0.4 is 10.2 Å². The Balaban J connectivity index is 2.15. The van der Waals surface area contributed by atoms with E-state index in [1.165, 1.54) is 5.56 Å². The number of hydrogen-bond acceptors (Lipinski definition) is 4. The molecule has 2 rings (SSSR count). The summed E-state index contributed by atoms with van der Waals surface area (Å²) in [6, 6.07) is 5.36. The molecule has 2 heterocycles. The molecule has 1 atom stereocenters. The molecular weight excluding hydrogens is 250 g/mol. The lowest BCUT2D eigenvalue weighted by Crippen LogP contribution is -2.33. The first-order chi connectivity index (χ1) is 9.60.